The van der Waals surface area contributed by atoms with Crippen molar-refractivity contribution in [1.29, 1.82) is 0 Å². The van der Waals surface area contributed by atoms with Crippen LogP contribution in [-0.2, 0) is 14.3 Å². The molecule has 0 aliphatic heterocycles. The molecule has 0 heterocycles. The molecule has 12 heavy (non-hydrogen) atoms. The number of carboxylic acid groups (broad SMARTS) is 1. The van der Waals surface area contributed by atoms with Gasteiger partial charge in [-0.2, -0.15) is 0 Å². The first-order valence-electron chi connectivity index (χ1n) is 3.10. The molecule has 0 saturated carbocycles. The van der Waals surface area contributed by atoms with Crippen LogP contribution in [0.3, 0.4) is 0 Å². The Labute approximate surface area is 69.0 Å². The molecule has 0 bridgehead atoms. The first-order valence-corrected chi connectivity index (χ1v) is 3.10. The summed E-state index contributed by atoms with van der Waals surface area (Å²) in [5, 5.41) is 16.6. The summed E-state index contributed by atoms with van der Waals surface area (Å²) in [7, 11) is 0. The Bertz CT molecular complexity index is 232. The first kappa shape index (κ1) is 10.5. The van der Waals surface area contributed by atoms with E-state index in [2.05, 4.69) is 10.7 Å². The topological polar surface area (TPSA) is 83.8 Å². The quantitative estimate of drug-likeness (QED) is 0.318. The molecule has 1 atom stereocenters. The smallest absolute Gasteiger partial charge is 0.382 e. The summed E-state index contributed by atoms with van der Waals surface area (Å²) in [6, 6.07) is 0. The van der Waals surface area contributed by atoms with Gasteiger partial charge in [-0.3, -0.25) is 0 Å². The predicted octanol–water partition coefficient (Wildman–Crippen LogP) is -1.00. The van der Waals surface area contributed by atoms with Crippen LogP contribution in [-0.4, -0.2) is 34.9 Å². The maximum atomic E-state index is 10.5. The van der Waals surface area contributed by atoms with Crippen molar-refractivity contribution in [1.82, 2.24) is 0 Å². The van der Waals surface area contributed by atoms with E-state index in [1.807, 2.05) is 0 Å². The van der Waals surface area contributed by atoms with Crippen LogP contribution >= 0.6 is 0 Å². The molecule has 0 aliphatic rings. The van der Waals surface area contributed by atoms with Crippen LogP contribution in [0.25, 0.3) is 0 Å². The van der Waals surface area contributed by atoms with Crippen molar-refractivity contribution in [3.05, 3.63) is 0 Å². The van der Waals surface area contributed by atoms with Gasteiger partial charge in [0.25, 0.3) is 0 Å². The minimum atomic E-state index is -1.29. The van der Waals surface area contributed by atoms with E-state index < -0.39 is 18.0 Å². The number of aliphatic hydroxyl groups excluding tert-OH is 1. The Morgan fingerprint density at radius 3 is 2.58 bits per heavy atom. The predicted molar refractivity (Wildman–Crippen MR) is 38.1 cm³/mol. The van der Waals surface area contributed by atoms with E-state index >= 15 is 0 Å². The third kappa shape index (κ3) is 5.26. The largest absolute Gasteiger partial charge is 0.472 e. The van der Waals surface area contributed by atoms with Crippen LogP contribution < -0.4 is 0 Å². The molecule has 66 valence electrons. The third-order valence-electron chi connectivity index (χ3n) is 0.823. The average Bonchev–Trinajstić information content (AvgIpc) is 1.97. The monoisotopic (exact) mass is 173 g/mol. The molecule has 0 fully saturated rings. The number of rotatable bonds is 2. The SMILES string of the molecule is CC(O)[13C](=O)OCC#CC(=O)O. The molecule has 0 aromatic rings. The molecule has 0 spiro atoms. The molecule has 5 heteroatoms. The zero-order chi connectivity index (χ0) is 9.56. The highest BCUT2D eigenvalue weighted by molar-refractivity contribution is 5.86. The van der Waals surface area contributed by atoms with Gasteiger partial charge in [0.2, 0.25) is 0 Å². The van der Waals surface area contributed by atoms with Gasteiger partial charge in [0.05, 0.1) is 0 Å². The van der Waals surface area contributed by atoms with Crippen molar-refractivity contribution in [2.75, 3.05) is 6.61 Å². The van der Waals surface area contributed by atoms with Crippen LogP contribution in [0.1, 0.15) is 6.92 Å². The number of carboxylic acids is 1. The Kier molecular flexibility index (Phi) is 4.49. The summed E-state index contributed by atoms with van der Waals surface area (Å²) >= 11 is 0. The molecule has 0 rings (SSSR count). The van der Waals surface area contributed by atoms with Gasteiger partial charge in [-0.15, -0.1) is 0 Å². The van der Waals surface area contributed by atoms with E-state index in [1.54, 1.807) is 5.92 Å². The van der Waals surface area contributed by atoms with E-state index in [1.165, 1.54) is 6.92 Å². The van der Waals surface area contributed by atoms with Gasteiger partial charge in [0, 0.05) is 5.92 Å². The van der Waals surface area contributed by atoms with E-state index in [0.29, 0.717) is 0 Å². The Balaban J connectivity index is 3.66. The average molecular weight is 173 g/mol. The van der Waals surface area contributed by atoms with E-state index in [0.717, 1.165) is 0 Å². The minimum absolute atomic E-state index is 0.323. The number of carbonyl (C=O) groups is 2. The summed E-state index contributed by atoms with van der Waals surface area (Å²) in [4.78, 5) is 20.3. The zero-order valence-electron chi connectivity index (χ0n) is 6.40. The van der Waals surface area contributed by atoms with Crippen molar-refractivity contribution < 1.29 is 24.5 Å². The lowest BCUT2D eigenvalue weighted by Gasteiger charge is -2.00. The van der Waals surface area contributed by atoms with Gasteiger partial charge in [0.1, 0.15) is 6.10 Å². The molecule has 0 saturated heterocycles. The number of carbonyl (C=O) groups excluding carboxylic acids is 1. The lowest BCUT2D eigenvalue weighted by molar-refractivity contribution is -0.151. The highest BCUT2D eigenvalue weighted by atomic mass is 16.6. The lowest BCUT2D eigenvalue weighted by atomic mass is 10.6. The second kappa shape index (κ2) is 5.16. The molecule has 2 N–H and O–H groups in total. The van der Waals surface area contributed by atoms with Gasteiger partial charge < -0.3 is 14.9 Å². The molecular weight excluding hydrogens is 165 g/mol. The van der Waals surface area contributed by atoms with E-state index in [-0.39, 0.29) is 6.61 Å². The van der Waals surface area contributed by atoms with Crippen molar-refractivity contribution in [3.8, 4) is 11.8 Å². The molecule has 0 aliphatic carbocycles. The molecule has 1 unspecified atom stereocenters. The Hall–Kier alpha value is -1.54. The van der Waals surface area contributed by atoms with Gasteiger partial charge in [-0.1, -0.05) is 0 Å². The molecule has 0 radical (unpaired) electrons. The number of hydrogen-bond acceptors (Lipinski definition) is 4. The van der Waals surface area contributed by atoms with Crippen LogP contribution in [0.15, 0.2) is 0 Å². The molecule has 0 aromatic carbocycles. The normalized spacial score (nSPS) is 10.8. The number of hydrogen-bond donors (Lipinski definition) is 2. The fourth-order valence-corrected chi connectivity index (χ4v) is 0.340. The van der Waals surface area contributed by atoms with Crippen LogP contribution in [0.2, 0.25) is 0 Å². The third-order valence-corrected chi connectivity index (χ3v) is 0.823. The summed E-state index contributed by atoms with van der Waals surface area (Å²) in [6.07, 6.45) is -1.21. The van der Waals surface area contributed by atoms with E-state index in [9.17, 15) is 9.59 Å². The number of esters is 1. The van der Waals surface area contributed by atoms with Crippen molar-refractivity contribution in [2.24, 2.45) is 0 Å². The fourth-order valence-electron chi connectivity index (χ4n) is 0.340. The first-order chi connectivity index (χ1) is 5.54. The maximum absolute atomic E-state index is 10.5. The van der Waals surface area contributed by atoms with Gasteiger partial charge >= 0.3 is 11.9 Å². The maximum Gasteiger partial charge on any atom is 0.382 e. The van der Waals surface area contributed by atoms with Gasteiger partial charge in [0.15, 0.2) is 6.61 Å². The zero-order valence-corrected chi connectivity index (χ0v) is 6.40. The van der Waals surface area contributed by atoms with Crippen molar-refractivity contribution in [2.45, 2.75) is 13.0 Å². The fraction of sp³-hybridized carbons (Fsp3) is 0.429. The van der Waals surface area contributed by atoms with Crippen molar-refractivity contribution in [3.63, 3.8) is 0 Å². The lowest BCUT2D eigenvalue weighted by Crippen LogP contribution is -2.19. The highest BCUT2D eigenvalue weighted by Gasteiger charge is 2.08. The van der Waals surface area contributed by atoms with Crippen LogP contribution in [0.4, 0.5) is 0 Å². The van der Waals surface area contributed by atoms with Gasteiger partial charge in [-0.05, 0) is 12.8 Å². The number of ether oxygens (including phenoxy) is 1. The standard InChI is InChI=1S/C7H8O5/c1-5(8)7(11)12-4-2-3-6(9)10/h5,8H,4H2,1H3,(H,9,10)/i7+1. The summed E-state index contributed by atoms with van der Waals surface area (Å²) in [5.41, 5.74) is 0. The molecule has 0 amide bonds. The van der Waals surface area contributed by atoms with E-state index in [4.69, 9.17) is 10.2 Å². The highest BCUT2D eigenvalue weighted by Crippen LogP contribution is 1.84. The summed E-state index contributed by atoms with van der Waals surface area (Å²) in [5.74, 6) is 1.70. The second-order valence-corrected chi connectivity index (χ2v) is 1.89. The van der Waals surface area contributed by atoms with Crippen LogP contribution in [0, 0.1) is 11.8 Å². The Morgan fingerprint density at radius 2 is 2.17 bits per heavy atom. The molecule has 0 aromatic heterocycles. The summed E-state index contributed by atoms with van der Waals surface area (Å²) < 4.78 is 4.33. The molecule has 5 nitrogen and oxygen atoms in total. The van der Waals surface area contributed by atoms with Crippen LogP contribution in [0.5, 0.6) is 0 Å². The minimum Gasteiger partial charge on any atom is -0.472 e. The Morgan fingerprint density at radius 1 is 1.58 bits per heavy atom. The second-order valence-electron chi connectivity index (χ2n) is 1.89. The van der Waals surface area contributed by atoms with Gasteiger partial charge in [-0.25, -0.2) is 9.59 Å². The molecular formula is C7H8O5. The summed E-state index contributed by atoms with van der Waals surface area (Å²) in [6.45, 7) is 0.920. The van der Waals surface area contributed by atoms with Crippen molar-refractivity contribution >= 4 is 11.9 Å². The number of aliphatic hydroxyl groups is 1. The number of aliphatic carboxylic acids is 1.